The van der Waals surface area contributed by atoms with Gasteiger partial charge < -0.3 is 25.4 Å². The zero-order valence-corrected chi connectivity index (χ0v) is 24.0. The topological polar surface area (TPSA) is 159 Å². The number of rotatable bonds is 12. The largest absolute Gasteiger partial charge is 0.381 e. The Morgan fingerprint density at radius 1 is 1.20 bits per heavy atom. The Morgan fingerprint density at radius 2 is 2.00 bits per heavy atom. The number of aromatic nitrogens is 6. The molecule has 0 bridgehead atoms. The smallest absolute Gasteiger partial charge is 0.200 e. The van der Waals surface area contributed by atoms with E-state index in [9.17, 15) is 5.26 Å². The van der Waals surface area contributed by atoms with E-state index in [1.54, 1.807) is 6.20 Å². The molecule has 12 nitrogen and oxygen atoms in total. The third-order valence-corrected chi connectivity index (χ3v) is 8.06. The van der Waals surface area contributed by atoms with Crippen molar-refractivity contribution in [3.05, 3.63) is 41.3 Å². The van der Waals surface area contributed by atoms with Crippen molar-refractivity contribution < 1.29 is 9.47 Å². The lowest BCUT2D eigenvalue weighted by Crippen LogP contribution is -2.43. The summed E-state index contributed by atoms with van der Waals surface area (Å²) >= 11 is 6.56. The maximum absolute atomic E-state index is 9.76. The van der Waals surface area contributed by atoms with E-state index in [-0.39, 0.29) is 6.04 Å². The van der Waals surface area contributed by atoms with Crippen molar-refractivity contribution in [2.75, 3.05) is 37.0 Å². The van der Waals surface area contributed by atoms with Crippen molar-refractivity contribution in [1.82, 2.24) is 35.9 Å². The van der Waals surface area contributed by atoms with Crippen molar-refractivity contribution in [3.8, 4) is 17.3 Å². The van der Waals surface area contributed by atoms with E-state index >= 15 is 0 Å². The summed E-state index contributed by atoms with van der Waals surface area (Å²) in [4.78, 5) is 9.33. The van der Waals surface area contributed by atoms with Gasteiger partial charge in [0.05, 0.1) is 28.8 Å². The van der Waals surface area contributed by atoms with Crippen LogP contribution in [0.25, 0.3) is 11.3 Å². The molecule has 5 rings (SSSR count). The number of anilines is 2. The zero-order valence-electron chi connectivity index (χ0n) is 23.3. The fourth-order valence-corrected chi connectivity index (χ4v) is 5.58. The maximum Gasteiger partial charge on any atom is 0.200 e. The Hall–Kier alpha value is -3.37. The van der Waals surface area contributed by atoms with Crippen molar-refractivity contribution >= 4 is 23.2 Å². The molecule has 4 N–H and O–H groups in total. The number of aromatic amines is 1. The van der Waals surface area contributed by atoms with Gasteiger partial charge in [0, 0.05) is 49.6 Å². The highest BCUT2D eigenvalue weighted by molar-refractivity contribution is 6.33. The molecule has 1 aliphatic carbocycles. The quantitative estimate of drug-likeness (QED) is 0.245. The first-order chi connectivity index (χ1) is 20.0. The second-order valence-electron chi connectivity index (χ2n) is 10.9. The number of nitriles is 1. The summed E-state index contributed by atoms with van der Waals surface area (Å²) in [6.45, 7) is 4.82. The number of hydrogen-bond donors (Lipinski definition) is 4. The summed E-state index contributed by atoms with van der Waals surface area (Å²) in [6, 6.07) is 11.3. The van der Waals surface area contributed by atoms with Crippen LogP contribution in [0, 0.1) is 16.7 Å². The van der Waals surface area contributed by atoms with E-state index in [2.05, 4.69) is 54.6 Å². The lowest BCUT2D eigenvalue weighted by atomic mass is 9.82. The minimum atomic E-state index is -0.433. The first-order valence-corrected chi connectivity index (χ1v) is 14.6. The average molecular weight is 581 g/mol. The van der Waals surface area contributed by atoms with Gasteiger partial charge in [-0.1, -0.05) is 22.9 Å². The second kappa shape index (κ2) is 14.0. The second-order valence-corrected chi connectivity index (χ2v) is 11.3. The molecule has 0 amide bonds. The van der Waals surface area contributed by atoms with Crippen molar-refractivity contribution in [2.45, 2.75) is 70.2 Å². The Morgan fingerprint density at radius 3 is 2.76 bits per heavy atom. The Bertz CT molecular complexity index is 1290. The zero-order chi connectivity index (χ0) is 28.5. The van der Waals surface area contributed by atoms with Gasteiger partial charge >= 0.3 is 0 Å². The molecule has 0 radical (unpaired) electrons. The molecule has 3 aromatic rings. The maximum atomic E-state index is 9.76. The van der Waals surface area contributed by atoms with Gasteiger partial charge in [-0.15, -0.1) is 10.2 Å². The predicted octanol–water partition coefficient (Wildman–Crippen LogP) is 3.96. The SMILES string of the molecule is C[C@H](COCc1nn[nH]n1)NC1CCC(Nc2cc(-c3cccc(NCC4(C#N)CCOCC4)n3)c(Cl)cn2)CC1. The van der Waals surface area contributed by atoms with E-state index in [1.807, 2.05) is 24.3 Å². The molecule has 13 heteroatoms. The minimum Gasteiger partial charge on any atom is -0.381 e. The summed E-state index contributed by atoms with van der Waals surface area (Å²) in [7, 11) is 0. The molecule has 1 saturated heterocycles. The lowest BCUT2D eigenvalue weighted by molar-refractivity contribution is 0.0455. The highest BCUT2D eigenvalue weighted by atomic mass is 35.5. The number of nitrogens with zero attached hydrogens (tertiary/aromatic N) is 6. The highest BCUT2D eigenvalue weighted by Gasteiger charge is 2.32. The number of pyridine rings is 2. The van der Waals surface area contributed by atoms with Crippen LogP contribution in [0.1, 0.15) is 51.3 Å². The molecule has 2 aliphatic rings. The normalized spacial score (nSPS) is 21.1. The number of H-pyrrole nitrogens is 1. The molecule has 0 aromatic carbocycles. The van der Waals surface area contributed by atoms with E-state index in [0.29, 0.717) is 61.7 Å². The van der Waals surface area contributed by atoms with Crippen LogP contribution in [0.15, 0.2) is 30.5 Å². The monoisotopic (exact) mass is 580 g/mol. The third-order valence-electron chi connectivity index (χ3n) is 7.76. The third kappa shape index (κ3) is 8.10. The highest BCUT2D eigenvalue weighted by Crippen LogP contribution is 2.32. The van der Waals surface area contributed by atoms with Crippen LogP contribution in [-0.4, -0.2) is 75.1 Å². The van der Waals surface area contributed by atoms with Crippen LogP contribution in [0.3, 0.4) is 0 Å². The summed E-state index contributed by atoms with van der Waals surface area (Å²) in [6.07, 6.45) is 7.33. The molecule has 1 saturated carbocycles. The van der Waals surface area contributed by atoms with E-state index < -0.39 is 5.41 Å². The number of nitrogens with one attached hydrogen (secondary N) is 4. The molecule has 3 aromatic heterocycles. The first-order valence-electron chi connectivity index (χ1n) is 14.2. The summed E-state index contributed by atoms with van der Waals surface area (Å²) in [5.74, 6) is 2.06. The lowest BCUT2D eigenvalue weighted by Gasteiger charge is -2.32. The summed E-state index contributed by atoms with van der Waals surface area (Å²) in [5, 5.41) is 34.7. The van der Waals surface area contributed by atoms with Gasteiger partial charge in [-0.05, 0) is 63.6 Å². The van der Waals surface area contributed by atoms with E-state index in [4.69, 9.17) is 26.1 Å². The fourth-order valence-electron chi connectivity index (χ4n) is 5.38. The van der Waals surface area contributed by atoms with Crippen LogP contribution in [0.4, 0.5) is 11.6 Å². The Labute approximate surface area is 245 Å². The van der Waals surface area contributed by atoms with Crippen molar-refractivity contribution in [1.29, 1.82) is 5.26 Å². The van der Waals surface area contributed by atoms with Gasteiger partial charge in [0.1, 0.15) is 18.2 Å². The Kier molecular flexibility index (Phi) is 9.95. The standard InChI is InChI=1S/C28H37ClN10O2/c1-19(15-41-16-27-36-38-39-37-27)33-20-5-7-21(8-6-20)34-26-13-22(23(29)14-31-26)24-3-2-4-25(35-24)32-18-28(17-30)9-11-40-12-10-28/h2-4,13-14,19-21,33H,5-12,15-16,18H2,1H3,(H,31,34)(H,32,35)(H,36,37,38,39)/t19-,20?,21?/m1/s1. The minimum absolute atomic E-state index is 0.233. The fraction of sp³-hybridized carbons (Fsp3) is 0.571. The molecule has 1 atom stereocenters. The van der Waals surface area contributed by atoms with Gasteiger partial charge in [0.2, 0.25) is 0 Å². The van der Waals surface area contributed by atoms with Gasteiger partial charge in [0.15, 0.2) is 5.82 Å². The predicted molar refractivity (Wildman–Crippen MR) is 155 cm³/mol. The molecule has 0 spiro atoms. The molecule has 218 valence electrons. The van der Waals surface area contributed by atoms with Crippen LogP contribution in [-0.2, 0) is 16.1 Å². The van der Waals surface area contributed by atoms with Crippen molar-refractivity contribution in [2.24, 2.45) is 5.41 Å². The molecule has 0 unspecified atom stereocenters. The van der Waals surface area contributed by atoms with Crippen LogP contribution in [0.2, 0.25) is 5.02 Å². The van der Waals surface area contributed by atoms with E-state index in [1.165, 1.54) is 0 Å². The number of hydrogen-bond acceptors (Lipinski definition) is 11. The molecule has 4 heterocycles. The van der Waals surface area contributed by atoms with Gasteiger partial charge in [-0.2, -0.15) is 10.5 Å². The first kappa shape index (κ1) is 29.1. The summed E-state index contributed by atoms with van der Waals surface area (Å²) < 4.78 is 11.1. The number of ether oxygens (including phenoxy) is 2. The average Bonchev–Trinajstić information content (AvgIpc) is 3.52. The van der Waals surface area contributed by atoms with E-state index in [0.717, 1.165) is 55.6 Å². The van der Waals surface area contributed by atoms with Crippen LogP contribution in [0.5, 0.6) is 0 Å². The van der Waals surface area contributed by atoms with Crippen LogP contribution >= 0.6 is 11.6 Å². The van der Waals surface area contributed by atoms with Gasteiger partial charge in [0.25, 0.3) is 0 Å². The molecular formula is C28H37ClN10O2. The number of halogens is 1. The molecule has 1 aliphatic heterocycles. The van der Waals surface area contributed by atoms with Gasteiger partial charge in [-0.3, -0.25) is 0 Å². The summed E-state index contributed by atoms with van der Waals surface area (Å²) in [5.41, 5.74) is 1.14. The van der Waals surface area contributed by atoms with Crippen molar-refractivity contribution in [3.63, 3.8) is 0 Å². The van der Waals surface area contributed by atoms with Gasteiger partial charge in [-0.25, -0.2) is 9.97 Å². The van der Waals surface area contributed by atoms with Crippen LogP contribution < -0.4 is 16.0 Å². The number of tetrazole rings is 1. The Balaban J connectivity index is 1.11. The molecule has 41 heavy (non-hydrogen) atoms. The molecular weight excluding hydrogens is 544 g/mol. The molecule has 2 fully saturated rings.